The first-order chi connectivity index (χ1) is 9.65. The van der Waals surface area contributed by atoms with E-state index in [-0.39, 0.29) is 0 Å². The fourth-order valence-electron chi connectivity index (χ4n) is 2.37. The maximum absolute atomic E-state index is 11.0. The average Bonchev–Trinajstić information content (AvgIpc) is 2.76. The number of carbonyl (C=O) groups is 1. The van der Waals surface area contributed by atoms with E-state index < -0.39 is 12.1 Å². The molecule has 106 valence electrons. The summed E-state index contributed by atoms with van der Waals surface area (Å²) < 4.78 is 6.39. The Bertz CT molecular complexity index is 642. The maximum atomic E-state index is 11.0. The lowest BCUT2D eigenvalue weighted by Gasteiger charge is -2.30. The monoisotopic (exact) mass is 311 g/mol. The van der Waals surface area contributed by atoms with E-state index in [1.165, 1.54) is 0 Å². The van der Waals surface area contributed by atoms with Gasteiger partial charge in [0.05, 0.1) is 11.6 Å². The topological polar surface area (TPSA) is 49.8 Å². The Morgan fingerprint density at radius 1 is 1.50 bits per heavy atom. The summed E-state index contributed by atoms with van der Waals surface area (Å²) in [6.45, 7) is 2.25. The molecule has 2 aromatic rings. The van der Waals surface area contributed by atoms with Crippen molar-refractivity contribution >= 4 is 39.0 Å². The van der Waals surface area contributed by atoms with Crippen molar-refractivity contribution < 1.29 is 14.6 Å². The van der Waals surface area contributed by atoms with Crippen molar-refractivity contribution in [1.82, 2.24) is 4.90 Å². The number of fused-ring (bicyclic) bond motifs is 1. The molecule has 1 aromatic carbocycles. The van der Waals surface area contributed by atoms with Gasteiger partial charge in [-0.3, -0.25) is 4.90 Å². The molecule has 2 heterocycles. The summed E-state index contributed by atoms with van der Waals surface area (Å²) in [4.78, 5) is 14.1. The number of carboxylic acids is 1. The van der Waals surface area contributed by atoms with E-state index >= 15 is 0 Å². The molecule has 4 nitrogen and oxygen atoms in total. The number of morpholine rings is 1. The molecular weight excluding hydrogens is 298 g/mol. The van der Waals surface area contributed by atoms with Crippen LogP contribution in [-0.2, 0) is 16.1 Å². The van der Waals surface area contributed by atoms with E-state index in [0.29, 0.717) is 19.7 Å². The van der Waals surface area contributed by atoms with E-state index in [2.05, 4.69) is 11.0 Å². The number of nitrogens with zero attached hydrogens (tertiary/aromatic N) is 1. The van der Waals surface area contributed by atoms with Crippen LogP contribution < -0.4 is 0 Å². The minimum atomic E-state index is -0.905. The fourth-order valence-corrected chi connectivity index (χ4v) is 3.90. The van der Waals surface area contributed by atoms with Gasteiger partial charge in [0.1, 0.15) is 0 Å². The zero-order valence-corrected chi connectivity index (χ0v) is 12.3. The second-order valence-electron chi connectivity index (χ2n) is 4.77. The molecule has 0 spiro atoms. The Morgan fingerprint density at radius 2 is 2.30 bits per heavy atom. The first kappa shape index (κ1) is 13.8. The Kier molecular flexibility index (Phi) is 3.94. The van der Waals surface area contributed by atoms with Crippen molar-refractivity contribution in [3.63, 3.8) is 0 Å². The highest BCUT2D eigenvalue weighted by molar-refractivity contribution is 7.19. The van der Waals surface area contributed by atoms with Crippen LogP contribution in [-0.4, -0.2) is 41.8 Å². The van der Waals surface area contributed by atoms with E-state index in [9.17, 15) is 4.79 Å². The van der Waals surface area contributed by atoms with Crippen LogP contribution in [0.5, 0.6) is 0 Å². The van der Waals surface area contributed by atoms with Gasteiger partial charge in [-0.05, 0) is 6.07 Å². The normalized spacial score (nSPS) is 20.4. The van der Waals surface area contributed by atoms with Gasteiger partial charge in [-0.15, -0.1) is 11.3 Å². The molecule has 0 saturated carbocycles. The highest BCUT2D eigenvalue weighted by atomic mass is 35.5. The van der Waals surface area contributed by atoms with Gasteiger partial charge in [0.2, 0.25) is 0 Å². The number of carboxylic acid groups (broad SMARTS) is 1. The fraction of sp³-hybridized carbons (Fsp3) is 0.357. The molecule has 20 heavy (non-hydrogen) atoms. The molecule has 0 aliphatic carbocycles. The minimum absolute atomic E-state index is 0.403. The number of benzene rings is 1. The van der Waals surface area contributed by atoms with Crippen LogP contribution in [0.1, 0.15) is 4.88 Å². The van der Waals surface area contributed by atoms with Gasteiger partial charge in [0.15, 0.2) is 6.10 Å². The highest BCUT2D eigenvalue weighted by Crippen LogP contribution is 2.36. The van der Waals surface area contributed by atoms with Crippen molar-refractivity contribution in [2.24, 2.45) is 0 Å². The van der Waals surface area contributed by atoms with Crippen LogP contribution in [0.3, 0.4) is 0 Å². The van der Waals surface area contributed by atoms with Crippen LogP contribution in [0, 0.1) is 0 Å². The summed E-state index contributed by atoms with van der Waals surface area (Å²) in [5.41, 5.74) is 0. The molecule has 1 atom stereocenters. The van der Waals surface area contributed by atoms with E-state index in [4.69, 9.17) is 21.4 Å². The summed E-state index contributed by atoms with van der Waals surface area (Å²) in [7, 11) is 0. The first-order valence-electron chi connectivity index (χ1n) is 6.38. The quantitative estimate of drug-likeness (QED) is 0.947. The number of hydrogen-bond donors (Lipinski definition) is 1. The van der Waals surface area contributed by atoms with Gasteiger partial charge in [-0.25, -0.2) is 4.79 Å². The van der Waals surface area contributed by atoms with Crippen molar-refractivity contribution in [1.29, 1.82) is 0 Å². The van der Waals surface area contributed by atoms with Crippen LogP contribution in [0.2, 0.25) is 5.02 Å². The summed E-state index contributed by atoms with van der Waals surface area (Å²) in [6, 6.07) is 8.03. The molecule has 6 heteroatoms. The Hall–Kier alpha value is -1.14. The van der Waals surface area contributed by atoms with Crippen LogP contribution in [0.4, 0.5) is 0 Å². The predicted octanol–water partition coefficient (Wildman–Crippen LogP) is 2.84. The maximum Gasteiger partial charge on any atom is 0.334 e. The molecule has 1 aromatic heterocycles. The average molecular weight is 312 g/mol. The van der Waals surface area contributed by atoms with Gasteiger partial charge in [-0.1, -0.05) is 29.8 Å². The summed E-state index contributed by atoms with van der Waals surface area (Å²) in [5, 5.41) is 10.9. The van der Waals surface area contributed by atoms with Gasteiger partial charge in [0.25, 0.3) is 0 Å². The molecule has 1 aliphatic rings. The Morgan fingerprint density at radius 3 is 3.05 bits per heavy atom. The summed E-state index contributed by atoms with van der Waals surface area (Å²) in [5.74, 6) is -0.905. The SMILES string of the molecule is O=C(O)C1CN(Cc2sc3ccccc3c2Cl)CCO1. The number of thiophene rings is 1. The zero-order chi connectivity index (χ0) is 14.1. The molecule has 0 amide bonds. The number of halogens is 1. The number of rotatable bonds is 3. The van der Waals surface area contributed by atoms with Crippen LogP contribution in [0.15, 0.2) is 24.3 Å². The van der Waals surface area contributed by atoms with Crippen molar-refractivity contribution in [3.05, 3.63) is 34.2 Å². The smallest absolute Gasteiger partial charge is 0.334 e. The number of hydrogen-bond acceptors (Lipinski definition) is 4. The van der Waals surface area contributed by atoms with Crippen LogP contribution in [0.25, 0.3) is 10.1 Å². The van der Waals surface area contributed by atoms with Gasteiger partial charge in [0, 0.05) is 34.6 Å². The predicted molar refractivity (Wildman–Crippen MR) is 79.5 cm³/mol. The molecule has 1 unspecified atom stereocenters. The summed E-state index contributed by atoms with van der Waals surface area (Å²) in [6.07, 6.45) is -0.739. The number of ether oxygens (including phenoxy) is 1. The molecule has 1 aliphatic heterocycles. The molecule has 0 bridgehead atoms. The van der Waals surface area contributed by atoms with Crippen LogP contribution >= 0.6 is 22.9 Å². The second-order valence-corrected chi connectivity index (χ2v) is 6.28. The standard InChI is InChI=1S/C14H14ClNO3S/c15-13-9-3-1-2-4-11(9)20-12(13)8-16-5-6-19-10(7-16)14(17)18/h1-4,10H,5-8H2,(H,17,18). The lowest BCUT2D eigenvalue weighted by molar-refractivity contribution is -0.156. The molecule has 1 fully saturated rings. The third-order valence-electron chi connectivity index (χ3n) is 3.39. The third-order valence-corrected chi connectivity index (χ3v) is 5.09. The molecule has 1 N–H and O–H groups in total. The summed E-state index contributed by atoms with van der Waals surface area (Å²) >= 11 is 8.08. The zero-order valence-electron chi connectivity index (χ0n) is 10.7. The van der Waals surface area contributed by atoms with E-state index in [0.717, 1.165) is 26.5 Å². The largest absolute Gasteiger partial charge is 0.479 e. The van der Waals surface area contributed by atoms with Gasteiger partial charge < -0.3 is 9.84 Å². The second kappa shape index (κ2) is 5.69. The van der Waals surface area contributed by atoms with Gasteiger partial charge in [-0.2, -0.15) is 0 Å². The van der Waals surface area contributed by atoms with E-state index in [1.807, 2.05) is 18.2 Å². The highest BCUT2D eigenvalue weighted by Gasteiger charge is 2.27. The van der Waals surface area contributed by atoms with Crippen molar-refractivity contribution in [2.75, 3.05) is 19.7 Å². The van der Waals surface area contributed by atoms with Crippen molar-refractivity contribution in [2.45, 2.75) is 12.6 Å². The molecular formula is C14H14ClNO3S. The minimum Gasteiger partial charge on any atom is -0.479 e. The lowest BCUT2D eigenvalue weighted by Crippen LogP contribution is -2.45. The van der Waals surface area contributed by atoms with E-state index in [1.54, 1.807) is 11.3 Å². The lowest BCUT2D eigenvalue weighted by atomic mass is 10.2. The Labute approximate surface area is 125 Å². The molecule has 0 radical (unpaired) electrons. The Balaban J connectivity index is 1.79. The first-order valence-corrected chi connectivity index (χ1v) is 7.57. The van der Waals surface area contributed by atoms with Crippen molar-refractivity contribution in [3.8, 4) is 0 Å². The van der Waals surface area contributed by atoms with Gasteiger partial charge >= 0.3 is 5.97 Å². The molecule has 3 rings (SSSR count). The molecule has 1 saturated heterocycles. The third kappa shape index (κ3) is 2.67. The number of aliphatic carboxylic acids is 1.